The molecule has 0 bridgehead atoms. The summed E-state index contributed by atoms with van der Waals surface area (Å²) < 4.78 is 27.5. The maximum absolute atomic E-state index is 12.9. The number of carbonyl (C=O) groups is 2. The summed E-state index contributed by atoms with van der Waals surface area (Å²) >= 11 is 3.41. The Bertz CT molecular complexity index is 1070. The lowest BCUT2D eigenvalue weighted by molar-refractivity contribution is -0.137. The van der Waals surface area contributed by atoms with Crippen LogP contribution in [0, 0.1) is 0 Å². The molecule has 0 aliphatic carbocycles. The first-order valence-electron chi connectivity index (χ1n) is 9.82. The standard InChI is InChI=1S/C24H24BrNO7/c1-29-19-11-10-16(21(30-2)22(19)31-3)20-17(23(27)32-4)12-26(13-18(20)24(28)33-5)15-8-6-14(25)7-9-15/h6-13,20H,1-5H3. The number of nitrogens with zero attached hydrogens (tertiary/aromatic N) is 1. The summed E-state index contributed by atoms with van der Waals surface area (Å²) in [6, 6.07) is 10.8. The lowest BCUT2D eigenvalue weighted by atomic mass is 9.82. The third-order valence-electron chi connectivity index (χ3n) is 5.19. The van der Waals surface area contributed by atoms with E-state index in [4.69, 9.17) is 23.7 Å². The molecule has 174 valence electrons. The maximum Gasteiger partial charge on any atom is 0.336 e. The largest absolute Gasteiger partial charge is 0.493 e. The minimum Gasteiger partial charge on any atom is -0.493 e. The van der Waals surface area contributed by atoms with Crippen molar-refractivity contribution in [1.29, 1.82) is 0 Å². The van der Waals surface area contributed by atoms with Crippen molar-refractivity contribution in [3.8, 4) is 17.2 Å². The van der Waals surface area contributed by atoms with Crippen LogP contribution in [0.3, 0.4) is 0 Å². The number of esters is 2. The molecule has 0 saturated heterocycles. The van der Waals surface area contributed by atoms with Crippen LogP contribution in [0.15, 0.2) is 64.4 Å². The van der Waals surface area contributed by atoms with Gasteiger partial charge in [0.2, 0.25) is 5.75 Å². The number of hydrogen-bond acceptors (Lipinski definition) is 8. The third-order valence-corrected chi connectivity index (χ3v) is 5.72. The number of ether oxygens (including phenoxy) is 5. The van der Waals surface area contributed by atoms with E-state index in [1.807, 2.05) is 24.3 Å². The predicted octanol–water partition coefficient (Wildman–Crippen LogP) is 4.19. The molecular weight excluding hydrogens is 494 g/mol. The number of halogens is 1. The average molecular weight is 518 g/mol. The molecular formula is C24H24BrNO7. The molecule has 0 N–H and O–H groups in total. The Labute approximate surface area is 200 Å². The van der Waals surface area contributed by atoms with Gasteiger partial charge in [0, 0.05) is 28.1 Å². The Hall–Kier alpha value is -3.46. The van der Waals surface area contributed by atoms with Crippen molar-refractivity contribution < 1.29 is 33.3 Å². The Balaban J connectivity index is 2.27. The van der Waals surface area contributed by atoms with Crippen LogP contribution >= 0.6 is 15.9 Å². The monoisotopic (exact) mass is 517 g/mol. The van der Waals surface area contributed by atoms with Crippen molar-refractivity contribution in [2.75, 3.05) is 40.4 Å². The van der Waals surface area contributed by atoms with Crippen molar-refractivity contribution >= 4 is 33.6 Å². The second kappa shape index (κ2) is 10.4. The Morgan fingerprint density at radius 2 is 1.30 bits per heavy atom. The number of carbonyl (C=O) groups excluding carboxylic acids is 2. The molecule has 9 heteroatoms. The Kier molecular flexibility index (Phi) is 7.65. The minimum absolute atomic E-state index is 0.217. The molecule has 0 radical (unpaired) electrons. The second-order valence-electron chi connectivity index (χ2n) is 6.89. The van der Waals surface area contributed by atoms with Crippen molar-refractivity contribution in [2.45, 2.75) is 5.92 Å². The van der Waals surface area contributed by atoms with Gasteiger partial charge in [-0.05, 0) is 30.3 Å². The molecule has 3 rings (SSSR count). The quantitative estimate of drug-likeness (QED) is 0.505. The highest BCUT2D eigenvalue weighted by molar-refractivity contribution is 9.10. The lowest BCUT2D eigenvalue weighted by Gasteiger charge is -2.31. The Morgan fingerprint density at radius 3 is 1.76 bits per heavy atom. The van der Waals surface area contributed by atoms with E-state index in [0.717, 1.165) is 10.2 Å². The molecule has 0 spiro atoms. The van der Waals surface area contributed by atoms with E-state index in [-0.39, 0.29) is 11.1 Å². The van der Waals surface area contributed by atoms with Crippen LogP contribution in [-0.2, 0) is 19.1 Å². The van der Waals surface area contributed by atoms with Crippen molar-refractivity contribution in [1.82, 2.24) is 0 Å². The number of rotatable bonds is 7. The van der Waals surface area contributed by atoms with E-state index in [9.17, 15) is 9.59 Å². The van der Waals surface area contributed by atoms with E-state index < -0.39 is 17.9 Å². The molecule has 0 unspecified atom stereocenters. The highest BCUT2D eigenvalue weighted by Gasteiger charge is 2.38. The number of hydrogen-bond donors (Lipinski definition) is 0. The van der Waals surface area contributed by atoms with Gasteiger partial charge in [0.05, 0.1) is 52.6 Å². The fraction of sp³-hybridized carbons (Fsp3) is 0.250. The summed E-state index contributed by atoms with van der Waals surface area (Å²) in [5.41, 5.74) is 1.68. The second-order valence-corrected chi connectivity index (χ2v) is 7.81. The van der Waals surface area contributed by atoms with Gasteiger partial charge in [-0.1, -0.05) is 22.0 Å². The zero-order valence-electron chi connectivity index (χ0n) is 18.9. The summed E-state index contributed by atoms with van der Waals surface area (Å²) in [5.74, 6) is -0.948. The molecule has 0 amide bonds. The lowest BCUT2D eigenvalue weighted by Crippen LogP contribution is -2.29. The van der Waals surface area contributed by atoms with Crippen LogP contribution in [-0.4, -0.2) is 47.5 Å². The van der Waals surface area contributed by atoms with Gasteiger partial charge in [-0.3, -0.25) is 0 Å². The van der Waals surface area contributed by atoms with Gasteiger partial charge >= 0.3 is 11.9 Å². The van der Waals surface area contributed by atoms with Crippen LogP contribution < -0.4 is 19.1 Å². The van der Waals surface area contributed by atoms with Crippen LogP contribution in [0.25, 0.3) is 0 Å². The van der Waals surface area contributed by atoms with E-state index in [2.05, 4.69) is 15.9 Å². The summed E-state index contributed by atoms with van der Waals surface area (Å²) in [5, 5.41) is 0. The SMILES string of the molecule is COC(=O)C1=CN(c2ccc(Br)cc2)C=C(C(=O)OC)C1c1ccc(OC)c(OC)c1OC. The fourth-order valence-electron chi connectivity index (χ4n) is 3.68. The predicted molar refractivity (Wildman–Crippen MR) is 126 cm³/mol. The van der Waals surface area contributed by atoms with Gasteiger partial charge in [-0.15, -0.1) is 0 Å². The topological polar surface area (TPSA) is 83.5 Å². The average Bonchev–Trinajstić information content (AvgIpc) is 2.86. The van der Waals surface area contributed by atoms with Gasteiger partial charge in [0.25, 0.3) is 0 Å². The van der Waals surface area contributed by atoms with E-state index in [1.54, 1.807) is 29.4 Å². The van der Waals surface area contributed by atoms with E-state index in [1.165, 1.54) is 35.5 Å². The molecule has 0 fully saturated rings. The van der Waals surface area contributed by atoms with Crippen molar-refractivity contribution in [3.63, 3.8) is 0 Å². The summed E-state index contributed by atoms with van der Waals surface area (Å²) in [6.07, 6.45) is 3.25. The third kappa shape index (κ3) is 4.68. The number of benzene rings is 2. The van der Waals surface area contributed by atoms with Crippen LogP contribution in [0.4, 0.5) is 5.69 Å². The zero-order valence-corrected chi connectivity index (χ0v) is 20.5. The smallest absolute Gasteiger partial charge is 0.336 e. The molecule has 1 heterocycles. The number of methoxy groups -OCH3 is 5. The molecule has 2 aromatic rings. The number of anilines is 1. The first-order valence-corrected chi connectivity index (χ1v) is 10.6. The minimum atomic E-state index is -0.841. The van der Waals surface area contributed by atoms with Gasteiger partial charge in [-0.25, -0.2) is 9.59 Å². The molecule has 2 aromatic carbocycles. The molecule has 1 aliphatic heterocycles. The van der Waals surface area contributed by atoms with Crippen molar-refractivity contribution in [3.05, 3.63) is 70.0 Å². The fourth-order valence-corrected chi connectivity index (χ4v) is 3.94. The summed E-state index contributed by atoms with van der Waals surface area (Å²) in [6.45, 7) is 0. The van der Waals surface area contributed by atoms with Gasteiger partial charge < -0.3 is 28.6 Å². The van der Waals surface area contributed by atoms with Crippen molar-refractivity contribution in [2.24, 2.45) is 0 Å². The summed E-state index contributed by atoms with van der Waals surface area (Å²) in [7, 11) is 7.03. The molecule has 8 nitrogen and oxygen atoms in total. The Morgan fingerprint density at radius 1 is 0.758 bits per heavy atom. The first-order chi connectivity index (χ1) is 15.9. The normalized spacial score (nSPS) is 13.6. The molecule has 0 aromatic heterocycles. The van der Waals surface area contributed by atoms with Gasteiger partial charge in [-0.2, -0.15) is 0 Å². The highest BCUT2D eigenvalue weighted by atomic mass is 79.9. The summed E-state index contributed by atoms with van der Waals surface area (Å²) in [4.78, 5) is 27.5. The molecule has 1 aliphatic rings. The van der Waals surface area contributed by atoms with Crippen LogP contribution in [0.5, 0.6) is 17.2 Å². The van der Waals surface area contributed by atoms with Gasteiger partial charge in [0.1, 0.15) is 0 Å². The molecule has 0 saturated carbocycles. The van der Waals surface area contributed by atoms with E-state index in [0.29, 0.717) is 22.8 Å². The van der Waals surface area contributed by atoms with E-state index >= 15 is 0 Å². The molecule has 33 heavy (non-hydrogen) atoms. The highest BCUT2D eigenvalue weighted by Crippen LogP contribution is 2.48. The van der Waals surface area contributed by atoms with Crippen LogP contribution in [0.1, 0.15) is 11.5 Å². The molecule has 0 atom stereocenters. The first kappa shape index (κ1) is 24.2. The zero-order chi connectivity index (χ0) is 24.1. The van der Waals surface area contributed by atoms with Gasteiger partial charge in [0.15, 0.2) is 11.5 Å². The maximum atomic E-state index is 12.9. The van der Waals surface area contributed by atoms with Crippen LogP contribution in [0.2, 0.25) is 0 Å².